The molecule has 1 amide bonds. The van der Waals surface area contributed by atoms with Crippen LogP contribution in [-0.2, 0) is 17.9 Å². The van der Waals surface area contributed by atoms with Gasteiger partial charge in [-0.15, -0.1) is 0 Å². The maximum absolute atomic E-state index is 13.4. The summed E-state index contributed by atoms with van der Waals surface area (Å²) in [4.78, 5) is 34.3. The lowest BCUT2D eigenvalue weighted by molar-refractivity contribution is -0.119. The lowest BCUT2D eigenvalue weighted by atomic mass is 9.97. The predicted octanol–water partition coefficient (Wildman–Crippen LogP) is 5.25. The Balaban J connectivity index is 1.28. The Morgan fingerprint density at radius 2 is 1.62 bits per heavy atom. The van der Waals surface area contributed by atoms with Gasteiger partial charge in [0.05, 0.1) is 41.6 Å². The molecule has 1 aliphatic rings. The number of fused-ring (bicyclic) bond motifs is 1. The number of carbonyl (C=O) groups excluding carboxylic acids is 1. The van der Waals surface area contributed by atoms with Gasteiger partial charge < -0.3 is 30.5 Å². The van der Waals surface area contributed by atoms with E-state index in [0.29, 0.717) is 58.9 Å². The second kappa shape index (κ2) is 15.6. The summed E-state index contributed by atoms with van der Waals surface area (Å²) in [5.74, 6) is 0.782. The first-order chi connectivity index (χ1) is 24.2. The summed E-state index contributed by atoms with van der Waals surface area (Å²) in [6.07, 6.45) is 2.49. The molecule has 4 heterocycles. The van der Waals surface area contributed by atoms with E-state index < -0.39 is 6.10 Å². The number of hydrogen-bond donors (Lipinski definition) is 4. The van der Waals surface area contributed by atoms with E-state index in [1.54, 1.807) is 26.3 Å². The molecule has 11 nitrogen and oxygen atoms in total. The van der Waals surface area contributed by atoms with Crippen molar-refractivity contribution in [2.24, 2.45) is 0 Å². The fourth-order valence-electron chi connectivity index (χ4n) is 6.09. The van der Waals surface area contributed by atoms with Crippen molar-refractivity contribution in [3.8, 4) is 45.3 Å². The number of aliphatic hydroxyl groups excluding tert-OH is 1. The van der Waals surface area contributed by atoms with Crippen LogP contribution in [0.15, 0.2) is 71.7 Å². The standard InChI is InChI=1S/C37H38Cl2N6O5/c1-21(46)17-40-20-29-36(50-3)44-31-16-22(14-15-45(31)37(29)48)25-6-4-7-26(33(25)38)27-8-5-9-28(34(27)39)30-12-10-23(35(43-30)49-2)18-41-19-24-11-13-32(47)42-24/h4-10,12,14-16,21,24,40-41,46H,11,13,17-20H2,1-3H3,(H,42,47)/t21-,24-/m0/s1. The number of rotatable bonds is 13. The van der Waals surface area contributed by atoms with E-state index in [4.69, 9.17) is 37.7 Å². The summed E-state index contributed by atoms with van der Waals surface area (Å²) in [5.41, 5.74) is 5.69. The smallest absolute Gasteiger partial charge is 0.266 e. The topological polar surface area (TPSA) is 139 Å². The van der Waals surface area contributed by atoms with Crippen LogP contribution in [0.25, 0.3) is 39.2 Å². The minimum atomic E-state index is -0.558. The second-order valence-corrected chi connectivity index (χ2v) is 12.9. The maximum atomic E-state index is 13.4. The fraction of sp³-hybridized carbons (Fsp3) is 0.297. The Hall–Kier alpha value is -4.52. The number of pyridine rings is 2. The lowest BCUT2D eigenvalue weighted by Crippen LogP contribution is -2.35. The molecule has 13 heteroatoms. The van der Waals surface area contributed by atoms with Crippen LogP contribution in [0.1, 0.15) is 30.9 Å². The average molecular weight is 718 g/mol. The van der Waals surface area contributed by atoms with E-state index in [1.165, 1.54) is 11.5 Å². The number of nitrogens with zero attached hydrogens (tertiary/aromatic N) is 3. The first-order valence-corrected chi connectivity index (χ1v) is 17.0. The van der Waals surface area contributed by atoms with Crippen LogP contribution in [0.3, 0.4) is 0 Å². The second-order valence-electron chi connectivity index (χ2n) is 12.2. The van der Waals surface area contributed by atoms with E-state index in [0.717, 1.165) is 39.8 Å². The van der Waals surface area contributed by atoms with Crippen molar-refractivity contribution in [1.29, 1.82) is 0 Å². The van der Waals surface area contributed by atoms with E-state index in [-0.39, 0.29) is 29.9 Å². The number of halogens is 2. The maximum Gasteiger partial charge on any atom is 0.266 e. The predicted molar refractivity (Wildman–Crippen MR) is 195 cm³/mol. The number of amides is 1. The summed E-state index contributed by atoms with van der Waals surface area (Å²) in [6, 6.07) is 19.0. The molecule has 1 fully saturated rings. The van der Waals surface area contributed by atoms with Crippen molar-refractivity contribution >= 4 is 34.8 Å². The molecule has 0 spiro atoms. The SMILES string of the molecule is COc1nc(-c2cccc(-c3cccc(-c4ccn5c(=O)c(CNC[C@H](C)O)c(OC)nc5c4)c3Cl)c2Cl)ccc1CNC[C@@H]1CCC(=O)N1. The quantitative estimate of drug-likeness (QED) is 0.129. The molecular formula is C37H38Cl2N6O5. The average Bonchev–Trinajstić information content (AvgIpc) is 3.53. The Morgan fingerprint density at radius 1 is 0.920 bits per heavy atom. The summed E-state index contributed by atoms with van der Waals surface area (Å²) in [7, 11) is 3.05. The summed E-state index contributed by atoms with van der Waals surface area (Å²) in [5, 5.41) is 20.0. The van der Waals surface area contributed by atoms with Crippen LogP contribution in [0.5, 0.6) is 11.8 Å². The third kappa shape index (κ3) is 7.47. The minimum Gasteiger partial charge on any atom is -0.481 e. The molecule has 2 atom stereocenters. The van der Waals surface area contributed by atoms with Crippen molar-refractivity contribution in [1.82, 2.24) is 30.3 Å². The molecule has 6 rings (SSSR count). The molecule has 50 heavy (non-hydrogen) atoms. The number of hydrogen-bond acceptors (Lipinski definition) is 9. The van der Waals surface area contributed by atoms with Crippen molar-refractivity contribution in [3.05, 3.63) is 98.4 Å². The van der Waals surface area contributed by atoms with E-state index in [2.05, 4.69) is 20.9 Å². The molecule has 1 saturated heterocycles. The molecule has 4 N–H and O–H groups in total. The highest BCUT2D eigenvalue weighted by Crippen LogP contribution is 2.42. The monoisotopic (exact) mass is 716 g/mol. The third-order valence-corrected chi connectivity index (χ3v) is 9.43. The number of aromatic nitrogens is 3. The van der Waals surface area contributed by atoms with E-state index >= 15 is 0 Å². The Bertz CT molecular complexity index is 2100. The number of benzene rings is 2. The number of nitrogens with one attached hydrogen (secondary N) is 3. The number of aliphatic hydroxyl groups is 1. The van der Waals surface area contributed by atoms with Gasteiger partial charge in [-0.05, 0) is 37.1 Å². The molecular weight excluding hydrogens is 679 g/mol. The van der Waals surface area contributed by atoms with Crippen LogP contribution in [0.2, 0.25) is 10.0 Å². The number of carbonyl (C=O) groups is 1. The van der Waals surface area contributed by atoms with Gasteiger partial charge >= 0.3 is 0 Å². The molecule has 2 aromatic carbocycles. The Labute approximate surface area is 299 Å². The van der Waals surface area contributed by atoms with Crippen molar-refractivity contribution in [2.75, 3.05) is 27.3 Å². The molecule has 0 saturated carbocycles. The number of ether oxygens (including phenoxy) is 2. The van der Waals surface area contributed by atoms with Crippen LogP contribution in [-0.4, -0.2) is 64.8 Å². The molecule has 3 aromatic heterocycles. The van der Waals surface area contributed by atoms with Gasteiger partial charge in [-0.3, -0.25) is 14.0 Å². The molecule has 260 valence electrons. The normalized spacial score (nSPS) is 14.9. The highest BCUT2D eigenvalue weighted by atomic mass is 35.5. The van der Waals surface area contributed by atoms with Gasteiger partial charge in [-0.2, -0.15) is 4.98 Å². The zero-order chi connectivity index (χ0) is 35.4. The Morgan fingerprint density at radius 3 is 2.30 bits per heavy atom. The molecule has 5 aromatic rings. The number of methoxy groups -OCH3 is 2. The molecule has 0 bridgehead atoms. The first kappa shape index (κ1) is 35.3. The van der Waals surface area contributed by atoms with E-state index in [9.17, 15) is 14.7 Å². The minimum absolute atomic E-state index is 0.0889. The summed E-state index contributed by atoms with van der Waals surface area (Å²) >= 11 is 14.2. The van der Waals surface area contributed by atoms with Gasteiger partial charge in [-0.25, -0.2) is 4.98 Å². The van der Waals surface area contributed by atoms with Gasteiger partial charge in [0.25, 0.3) is 5.56 Å². The molecule has 0 unspecified atom stereocenters. The van der Waals surface area contributed by atoms with E-state index in [1.807, 2.05) is 54.6 Å². The fourth-order valence-corrected chi connectivity index (χ4v) is 6.75. The molecule has 0 aliphatic carbocycles. The highest BCUT2D eigenvalue weighted by molar-refractivity contribution is 6.39. The largest absolute Gasteiger partial charge is 0.481 e. The Kier molecular flexibility index (Phi) is 11.0. The van der Waals surface area contributed by atoms with Crippen molar-refractivity contribution in [2.45, 2.75) is 45.0 Å². The molecule has 1 aliphatic heterocycles. The summed E-state index contributed by atoms with van der Waals surface area (Å²) < 4.78 is 12.6. The van der Waals surface area contributed by atoms with Gasteiger partial charge in [0, 0.05) is 72.7 Å². The highest BCUT2D eigenvalue weighted by Gasteiger charge is 2.21. The van der Waals surface area contributed by atoms with Crippen LogP contribution in [0, 0.1) is 0 Å². The third-order valence-electron chi connectivity index (χ3n) is 8.62. The molecule has 0 radical (unpaired) electrons. The van der Waals surface area contributed by atoms with Gasteiger partial charge in [-0.1, -0.05) is 65.7 Å². The van der Waals surface area contributed by atoms with Gasteiger partial charge in [0.1, 0.15) is 5.65 Å². The van der Waals surface area contributed by atoms with Crippen LogP contribution < -0.4 is 31.0 Å². The van der Waals surface area contributed by atoms with Crippen molar-refractivity contribution < 1.29 is 19.4 Å². The zero-order valence-corrected chi connectivity index (χ0v) is 29.4. The van der Waals surface area contributed by atoms with Gasteiger partial charge in [0.15, 0.2) is 0 Å². The zero-order valence-electron chi connectivity index (χ0n) is 27.9. The van der Waals surface area contributed by atoms with Crippen molar-refractivity contribution in [3.63, 3.8) is 0 Å². The van der Waals surface area contributed by atoms with Crippen LogP contribution in [0.4, 0.5) is 0 Å². The first-order valence-electron chi connectivity index (χ1n) is 16.3. The lowest BCUT2D eigenvalue weighted by Gasteiger charge is -2.16. The van der Waals surface area contributed by atoms with Crippen LogP contribution >= 0.6 is 23.2 Å². The van der Waals surface area contributed by atoms with Gasteiger partial charge in [0.2, 0.25) is 17.7 Å². The summed E-state index contributed by atoms with van der Waals surface area (Å²) in [6.45, 7) is 3.39.